The summed E-state index contributed by atoms with van der Waals surface area (Å²) in [7, 11) is 0. The molecule has 2 fully saturated rings. The molecule has 0 aromatic heterocycles. The molecule has 4 heteroatoms. The SMILES string of the molecule is c1ccc(C(c2ccccc2)N2CCC(N3CCc4cc(N5CCOCC5)ccc4C3)CC2)cc1. The zero-order chi connectivity index (χ0) is 23.5. The van der Waals surface area contributed by atoms with E-state index in [2.05, 4.69) is 93.6 Å². The van der Waals surface area contributed by atoms with Crippen molar-refractivity contribution in [3.05, 3.63) is 101 Å². The first-order valence-corrected chi connectivity index (χ1v) is 13.4. The van der Waals surface area contributed by atoms with Crippen molar-refractivity contribution in [3.8, 4) is 0 Å². The topological polar surface area (TPSA) is 19.0 Å². The summed E-state index contributed by atoms with van der Waals surface area (Å²) in [6.07, 6.45) is 3.67. The van der Waals surface area contributed by atoms with Gasteiger partial charge in [0, 0.05) is 51.0 Å². The van der Waals surface area contributed by atoms with Crippen molar-refractivity contribution < 1.29 is 4.74 Å². The highest BCUT2D eigenvalue weighted by molar-refractivity contribution is 5.52. The van der Waals surface area contributed by atoms with Gasteiger partial charge in [-0.2, -0.15) is 0 Å². The van der Waals surface area contributed by atoms with Crippen LogP contribution in [-0.2, 0) is 17.7 Å². The number of hydrogen-bond donors (Lipinski definition) is 0. The maximum atomic E-state index is 5.54. The minimum absolute atomic E-state index is 0.346. The third-order valence-electron chi connectivity index (χ3n) is 8.22. The van der Waals surface area contributed by atoms with E-state index in [4.69, 9.17) is 4.74 Å². The van der Waals surface area contributed by atoms with Crippen molar-refractivity contribution >= 4 is 5.69 Å². The molecule has 3 aliphatic rings. The Morgan fingerprint density at radius 2 is 1.34 bits per heavy atom. The first-order valence-electron chi connectivity index (χ1n) is 13.4. The molecule has 182 valence electrons. The number of anilines is 1. The molecule has 0 amide bonds. The lowest BCUT2D eigenvalue weighted by molar-refractivity contribution is 0.0843. The van der Waals surface area contributed by atoms with Crippen LogP contribution in [0.15, 0.2) is 78.9 Å². The van der Waals surface area contributed by atoms with E-state index >= 15 is 0 Å². The molecule has 35 heavy (non-hydrogen) atoms. The van der Waals surface area contributed by atoms with E-state index in [-0.39, 0.29) is 0 Å². The molecule has 6 rings (SSSR count). The Balaban J connectivity index is 1.11. The van der Waals surface area contributed by atoms with Crippen LogP contribution in [0.5, 0.6) is 0 Å². The van der Waals surface area contributed by atoms with Crippen LogP contribution in [0, 0.1) is 0 Å². The molecule has 3 heterocycles. The molecule has 2 saturated heterocycles. The Bertz CT molecular complexity index is 1050. The maximum Gasteiger partial charge on any atom is 0.0642 e. The second-order valence-electron chi connectivity index (χ2n) is 10.3. The second-order valence-corrected chi connectivity index (χ2v) is 10.3. The Morgan fingerprint density at radius 1 is 0.686 bits per heavy atom. The summed E-state index contributed by atoms with van der Waals surface area (Å²) in [5, 5.41) is 0. The quantitative estimate of drug-likeness (QED) is 0.517. The minimum Gasteiger partial charge on any atom is -0.378 e. The predicted octanol–water partition coefficient (Wildman–Crippen LogP) is 5.14. The molecule has 0 saturated carbocycles. The summed E-state index contributed by atoms with van der Waals surface area (Å²) in [4.78, 5) is 7.93. The van der Waals surface area contributed by atoms with Crippen molar-refractivity contribution in [1.82, 2.24) is 9.80 Å². The fraction of sp³-hybridized carbons (Fsp3) is 0.419. The fourth-order valence-corrected chi connectivity index (χ4v) is 6.29. The highest BCUT2D eigenvalue weighted by Gasteiger charge is 2.31. The summed E-state index contributed by atoms with van der Waals surface area (Å²) in [5.74, 6) is 0. The predicted molar refractivity (Wildman–Crippen MR) is 143 cm³/mol. The van der Waals surface area contributed by atoms with Crippen LogP contribution in [0.25, 0.3) is 0 Å². The summed E-state index contributed by atoms with van der Waals surface area (Å²) in [6.45, 7) is 8.30. The van der Waals surface area contributed by atoms with Crippen molar-refractivity contribution in [2.75, 3.05) is 50.8 Å². The summed E-state index contributed by atoms with van der Waals surface area (Å²) >= 11 is 0. The normalized spacial score (nSPS) is 20.2. The molecule has 3 aromatic carbocycles. The zero-order valence-electron chi connectivity index (χ0n) is 20.7. The molecule has 0 aliphatic carbocycles. The molecule has 0 radical (unpaired) electrons. The standard InChI is InChI=1S/C31H37N3O/c1-3-7-25(8-4-1)31(26-9-5-2-6-10-26)33-17-14-29(15-18-33)34-16-13-27-23-30(12-11-28(27)24-34)32-19-21-35-22-20-32/h1-12,23,29,31H,13-22,24H2. The molecule has 0 bridgehead atoms. The van der Waals surface area contributed by atoms with Gasteiger partial charge in [0.25, 0.3) is 0 Å². The number of nitrogens with zero attached hydrogens (tertiary/aromatic N) is 3. The van der Waals surface area contributed by atoms with Gasteiger partial charge in [-0.3, -0.25) is 9.80 Å². The number of ether oxygens (including phenoxy) is 1. The molecule has 0 atom stereocenters. The Hall–Kier alpha value is -2.66. The molecule has 0 N–H and O–H groups in total. The van der Waals surface area contributed by atoms with Gasteiger partial charge in [-0.1, -0.05) is 66.7 Å². The highest BCUT2D eigenvalue weighted by atomic mass is 16.5. The lowest BCUT2D eigenvalue weighted by Crippen LogP contribution is -2.47. The molecular weight excluding hydrogens is 430 g/mol. The third kappa shape index (κ3) is 5.02. The number of rotatable bonds is 5. The van der Waals surface area contributed by atoms with Gasteiger partial charge in [-0.15, -0.1) is 0 Å². The van der Waals surface area contributed by atoms with Crippen molar-refractivity contribution in [2.24, 2.45) is 0 Å². The van der Waals surface area contributed by atoms with Crippen LogP contribution in [0.3, 0.4) is 0 Å². The minimum atomic E-state index is 0.346. The van der Waals surface area contributed by atoms with Gasteiger partial charge < -0.3 is 9.64 Å². The lowest BCUT2D eigenvalue weighted by atomic mass is 9.92. The highest BCUT2D eigenvalue weighted by Crippen LogP contribution is 2.33. The van der Waals surface area contributed by atoms with Gasteiger partial charge in [-0.25, -0.2) is 0 Å². The first-order chi connectivity index (χ1) is 17.3. The molecular formula is C31H37N3O. The number of piperidine rings is 1. The third-order valence-corrected chi connectivity index (χ3v) is 8.22. The summed E-state index contributed by atoms with van der Waals surface area (Å²) in [6, 6.07) is 30.3. The smallest absolute Gasteiger partial charge is 0.0642 e. The zero-order valence-corrected chi connectivity index (χ0v) is 20.7. The van der Waals surface area contributed by atoms with Crippen LogP contribution in [0.2, 0.25) is 0 Å². The Labute approximate surface area is 210 Å². The summed E-state index contributed by atoms with van der Waals surface area (Å²) < 4.78 is 5.54. The van der Waals surface area contributed by atoms with Crippen molar-refractivity contribution in [1.29, 1.82) is 0 Å². The van der Waals surface area contributed by atoms with Gasteiger partial charge in [0.15, 0.2) is 0 Å². The Kier molecular flexibility index (Phi) is 6.85. The number of morpholine rings is 1. The number of benzene rings is 3. The largest absolute Gasteiger partial charge is 0.378 e. The number of hydrogen-bond acceptors (Lipinski definition) is 4. The van der Waals surface area contributed by atoms with Gasteiger partial charge in [0.05, 0.1) is 19.3 Å². The van der Waals surface area contributed by atoms with Crippen molar-refractivity contribution in [3.63, 3.8) is 0 Å². The van der Waals surface area contributed by atoms with Crippen LogP contribution in [0.1, 0.15) is 41.1 Å². The number of fused-ring (bicyclic) bond motifs is 1. The maximum absolute atomic E-state index is 5.54. The van der Waals surface area contributed by atoms with Crippen LogP contribution < -0.4 is 4.90 Å². The Morgan fingerprint density at radius 3 is 2.00 bits per heavy atom. The van der Waals surface area contributed by atoms with Gasteiger partial charge in [0.2, 0.25) is 0 Å². The van der Waals surface area contributed by atoms with Crippen LogP contribution in [-0.4, -0.2) is 61.8 Å². The lowest BCUT2D eigenvalue weighted by Gasteiger charge is -2.43. The first kappa shape index (κ1) is 22.8. The van der Waals surface area contributed by atoms with E-state index in [1.54, 1.807) is 5.56 Å². The van der Waals surface area contributed by atoms with E-state index in [1.807, 2.05) is 0 Å². The number of likely N-dealkylation sites (tertiary alicyclic amines) is 1. The molecule has 0 spiro atoms. The molecule has 0 unspecified atom stereocenters. The second kappa shape index (κ2) is 10.5. The van der Waals surface area contributed by atoms with E-state index in [0.717, 1.165) is 45.9 Å². The van der Waals surface area contributed by atoms with Crippen LogP contribution >= 0.6 is 0 Å². The molecule has 4 nitrogen and oxygen atoms in total. The van der Waals surface area contributed by atoms with Gasteiger partial charge >= 0.3 is 0 Å². The molecule has 3 aliphatic heterocycles. The monoisotopic (exact) mass is 467 g/mol. The van der Waals surface area contributed by atoms with Crippen molar-refractivity contribution in [2.45, 2.75) is 37.9 Å². The van der Waals surface area contributed by atoms with E-state index in [1.165, 1.54) is 48.2 Å². The molecule has 3 aromatic rings. The van der Waals surface area contributed by atoms with Gasteiger partial charge in [-0.05, 0) is 53.6 Å². The fourth-order valence-electron chi connectivity index (χ4n) is 6.29. The average Bonchev–Trinajstić information content (AvgIpc) is 2.95. The van der Waals surface area contributed by atoms with E-state index in [0.29, 0.717) is 12.1 Å². The van der Waals surface area contributed by atoms with E-state index in [9.17, 15) is 0 Å². The van der Waals surface area contributed by atoms with Crippen LogP contribution in [0.4, 0.5) is 5.69 Å². The summed E-state index contributed by atoms with van der Waals surface area (Å²) in [5.41, 5.74) is 7.26. The van der Waals surface area contributed by atoms with E-state index < -0.39 is 0 Å². The average molecular weight is 468 g/mol. The van der Waals surface area contributed by atoms with Gasteiger partial charge in [0.1, 0.15) is 0 Å².